The maximum absolute atomic E-state index is 12.2. The van der Waals surface area contributed by atoms with Gasteiger partial charge in [-0.25, -0.2) is 4.79 Å². The van der Waals surface area contributed by atoms with E-state index in [1.54, 1.807) is 29.0 Å². The summed E-state index contributed by atoms with van der Waals surface area (Å²) in [5.41, 5.74) is 3.01. The SMILES string of the molecule is Cc1nn(C)cc1C(C)NC(=O)N(C)Cc1ccncc1. The Morgan fingerprint density at radius 1 is 1.43 bits per heavy atom. The van der Waals surface area contributed by atoms with Gasteiger partial charge in [0.2, 0.25) is 0 Å². The van der Waals surface area contributed by atoms with Crippen LogP contribution in [0.3, 0.4) is 0 Å². The lowest BCUT2D eigenvalue weighted by molar-refractivity contribution is 0.203. The number of hydrogen-bond acceptors (Lipinski definition) is 3. The summed E-state index contributed by atoms with van der Waals surface area (Å²) in [5.74, 6) is 0. The molecule has 0 aromatic carbocycles. The molecule has 1 atom stereocenters. The van der Waals surface area contributed by atoms with Gasteiger partial charge in [0.1, 0.15) is 0 Å². The van der Waals surface area contributed by atoms with E-state index in [2.05, 4.69) is 15.4 Å². The van der Waals surface area contributed by atoms with Crippen LogP contribution in [-0.2, 0) is 13.6 Å². The first-order chi connectivity index (χ1) is 9.97. The molecule has 0 aliphatic carbocycles. The van der Waals surface area contributed by atoms with E-state index in [1.807, 2.05) is 39.2 Å². The summed E-state index contributed by atoms with van der Waals surface area (Å²) >= 11 is 0. The zero-order valence-electron chi connectivity index (χ0n) is 12.9. The molecule has 2 aromatic rings. The third-order valence-electron chi connectivity index (χ3n) is 3.37. The van der Waals surface area contributed by atoms with Gasteiger partial charge < -0.3 is 10.2 Å². The Balaban J connectivity index is 1.96. The van der Waals surface area contributed by atoms with Crippen molar-refractivity contribution in [1.82, 2.24) is 25.0 Å². The summed E-state index contributed by atoms with van der Waals surface area (Å²) in [6, 6.07) is 3.62. The first kappa shape index (κ1) is 15.0. The van der Waals surface area contributed by atoms with Gasteiger partial charge in [0.25, 0.3) is 0 Å². The molecule has 21 heavy (non-hydrogen) atoms. The molecule has 2 heterocycles. The monoisotopic (exact) mass is 287 g/mol. The highest BCUT2D eigenvalue weighted by Crippen LogP contribution is 2.15. The van der Waals surface area contributed by atoms with Gasteiger partial charge >= 0.3 is 6.03 Å². The quantitative estimate of drug-likeness (QED) is 0.936. The van der Waals surface area contributed by atoms with Crippen LogP contribution in [0.5, 0.6) is 0 Å². The zero-order chi connectivity index (χ0) is 15.4. The van der Waals surface area contributed by atoms with Crippen LogP contribution in [0.1, 0.15) is 29.8 Å². The van der Waals surface area contributed by atoms with Crippen molar-refractivity contribution in [3.05, 3.63) is 47.5 Å². The van der Waals surface area contributed by atoms with Crippen molar-refractivity contribution in [2.75, 3.05) is 7.05 Å². The fourth-order valence-electron chi connectivity index (χ4n) is 2.25. The number of aromatic nitrogens is 3. The first-order valence-electron chi connectivity index (χ1n) is 6.88. The minimum Gasteiger partial charge on any atom is -0.331 e. The minimum atomic E-state index is -0.109. The van der Waals surface area contributed by atoms with Crippen molar-refractivity contribution in [1.29, 1.82) is 0 Å². The van der Waals surface area contributed by atoms with Gasteiger partial charge in [0, 0.05) is 44.8 Å². The van der Waals surface area contributed by atoms with Crippen LogP contribution in [0, 0.1) is 6.92 Å². The first-order valence-corrected chi connectivity index (χ1v) is 6.88. The standard InChI is InChI=1S/C15H21N5O/c1-11(14-10-20(4)18-12(14)2)17-15(21)19(3)9-13-5-7-16-8-6-13/h5-8,10-11H,9H2,1-4H3,(H,17,21). The van der Waals surface area contributed by atoms with Gasteiger partial charge in [-0.1, -0.05) is 0 Å². The van der Waals surface area contributed by atoms with Crippen molar-refractivity contribution < 1.29 is 4.79 Å². The molecule has 0 saturated heterocycles. The van der Waals surface area contributed by atoms with Crippen LogP contribution in [0.2, 0.25) is 0 Å². The van der Waals surface area contributed by atoms with Crippen molar-refractivity contribution >= 4 is 6.03 Å². The van der Waals surface area contributed by atoms with Crippen molar-refractivity contribution in [2.45, 2.75) is 26.4 Å². The molecule has 2 amide bonds. The van der Waals surface area contributed by atoms with Gasteiger partial charge in [0.15, 0.2) is 0 Å². The number of aryl methyl sites for hydroxylation is 2. The number of nitrogens with zero attached hydrogens (tertiary/aromatic N) is 4. The number of carbonyl (C=O) groups excluding carboxylic acids is 1. The number of rotatable bonds is 4. The lowest BCUT2D eigenvalue weighted by Crippen LogP contribution is -2.38. The molecule has 0 saturated carbocycles. The summed E-state index contributed by atoms with van der Waals surface area (Å²) in [4.78, 5) is 17.8. The average Bonchev–Trinajstić information content (AvgIpc) is 2.78. The number of nitrogens with one attached hydrogen (secondary N) is 1. The summed E-state index contributed by atoms with van der Waals surface area (Å²) < 4.78 is 1.76. The zero-order valence-corrected chi connectivity index (χ0v) is 12.9. The molecule has 0 bridgehead atoms. The van der Waals surface area contributed by atoms with Gasteiger partial charge in [-0.3, -0.25) is 9.67 Å². The molecule has 0 aliphatic heterocycles. The van der Waals surface area contributed by atoms with E-state index in [1.165, 1.54) is 0 Å². The fourth-order valence-corrected chi connectivity index (χ4v) is 2.25. The molecule has 0 aliphatic rings. The van der Waals surface area contributed by atoms with E-state index in [4.69, 9.17) is 0 Å². The van der Waals surface area contributed by atoms with Gasteiger partial charge in [-0.05, 0) is 31.5 Å². The van der Waals surface area contributed by atoms with Crippen molar-refractivity contribution in [3.63, 3.8) is 0 Å². The molecule has 1 N–H and O–H groups in total. The maximum Gasteiger partial charge on any atom is 0.317 e. The topological polar surface area (TPSA) is 63.1 Å². The summed E-state index contributed by atoms with van der Waals surface area (Å²) in [6.45, 7) is 4.45. The molecular weight excluding hydrogens is 266 g/mol. The molecule has 0 spiro atoms. The van der Waals surface area contributed by atoms with Crippen molar-refractivity contribution in [3.8, 4) is 0 Å². The Kier molecular flexibility index (Phi) is 4.57. The molecule has 0 radical (unpaired) electrons. The average molecular weight is 287 g/mol. The number of urea groups is 1. The Labute approximate surface area is 124 Å². The summed E-state index contributed by atoms with van der Waals surface area (Å²) in [7, 11) is 3.65. The van der Waals surface area contributed by atoms with E-state index in [0.717, 1.165) is 16.8 Å². The van der Waals surface area contributed by atoms with E-state index < -0.39 is 0 Å². The third kappa shape index (κ3) is 3.81. The Hall–Kier alpha value is -2.37. The summed E-state index contributed by atoms with van der Waals surface area (Å²) in [6.07, 6.45) is 5.38. The van der Waals surface area contributed by atoms with Gasteiger partial charge in [0.05, 0.1) is 11.7 Å². The maximum atomic E-state index is 12.2. The lowest BCUT2D eigenvalue weighted by atomic mass is 10.1. The molecule has 2 aromatic heterocycles. The molecule has 0 fully saturated rings. The lowest BCUT2D eigenvalue weighted by Gasteiger charge is -2.21. The van der Waals surface area contributed by atoms with Gasteiger partial charge in [-0.15, -0.1) is 0 Å². The highest BCUT2D eigenvalue weighted by atomic mass is 16.2. The van der Waals surface area contributed by atoms with Crippen LogP contribution in [0.25, 0.3) is 0 Å². The normalized spacial score (nSPS) is 12.0. The highest BCUT2D eigenvalue weighted by molar-refractivity contribution is 5.74. The Bertz CT molecular complexity index is 608. The van der Waals surface area contributed by atoms with Crippen LogP contribution in [-0.4, -0.2) is 32.7 Å². The predicted molar refractivity (Wildman–Crippen MR) is 80.6 cm³/mol. The van der Waals surface area contributed by atoms with Crippen LogP contribution < -0.4 is 5.32 Å². The van der Waals surface area contributed by atoms with Crippen LogP contribution in [0.4, 0.5) is 4.79 Å². The van der Waals surface area contributed by atoms with E-state index in [0.29, 0.717) is 6.54 Å². The number of carbonyl (C=O) groups is 1. The second-order valence-electron chi connectivity index (χ2n) is 5.23. The van der Waals surface area contributed by atoms with E-state index in [9.17, 15) is 4.79 Å². The number of amides is 2. The molecule has 2 rings (SSSR count). The number of hydrogen-bond donors (Lipinski definition) is 1. The second kappa shape index (κ2) is 6.39. The largest absolute Gasteiger partial charge is 0.331 e. The van der Waals surface area contributed by atoms with Crippen molar-refractivity contribution in [2.24, 2.45) is 7.05 Å². The fraction of sp³-hybridized carbons (Fsp3) is 0.400. The highest BCUT2D eigenvalue weighted by Gasteiger charge is 2.16. The molecule has 1 unspecified atom stereocenters. The molecule has 6 nitrogen and oxygen atoms in total. The van der Waals surface area contributed by atoms with Crippen LogP contribution in [0.15, 0.2) is 30.7 Å². The smallest absolute Gasteiger partial charge is 0.317 e. The van der Waals surface area contributed by atoms with E-state index in [-0.39, 0.29) is 12.1 Å². The minimum absolute atomic E-state index is 0.0777. The van der Waals surface area contributed by atoms with E-state index >= 15 is 0 Å². The Morgan fingerprint density at radius 3 is 2.67 bits per heavy atom. The Morgan fingerprint density at radius 2 is 2.10 bits per heavy atom. The molecule has 112 valence electrons. The predicted octanol–water partition coefficient (Wildman–Crippen LogP) is 2.03. The van der Waals surface area contributed by atoms with Gasteiger partial charge in [-0.2, -0.15) is 5.10 Å². The van der Waals surface area contributed by atoms with Crippen LogP contribution >= 0.6 is 0 Å². The molecule has 6 heteroatoms. The summed E-state index contributed by atoms with van der Waals surface area (Å²) in [5, 5.41) is 7.29. The number of pyridine rings is 1. The second-order valence-corrected chi connectivity index (χ2v) is 5.23. The molecular formula is C15H21N5O. The third-order valence-corrected chi connectivity index (χ3v) is 3.37.